The third kappa shape index (κ3) is 7.79. The predicted octanol–water partition coefficient (Wildman–Crippen LogP) is 4.97. The first-order valence-corrected chi connectivity index (χ1v) is 16.0. The zero-order valence-electron chi connectivity index (χ0n) is 24.6. The zero-order chi connectivity index (χ0) is 30.8. The van der Waals surface area contributed by atoms with E-state index in [-0.39, 0.29) is 71.8 Å². The number of rotatable bonds is 12. The molecule has 0 radical (unpaired) electrons. The van der Waals surface area contributed by atoms with Gasteiger partial charge in [0.05, 0.1) is 24.3 Å². The Morgan fingerprint density at radius 2 is 1.53 bits per heavy atom. The number of aliphatic carboxylic acids is 1. The molecule has 1 aliphatic heterocycles. The van der Waals surface area contributed by atoms with Crippen LogP contribution in [0.15, 0.2) is 59.5 Å². The molecule has 1 aliphatic rings. The maximum atomic E-state index is 14.7. The van der Waals surface area contributed by atoms with Crippen LogP contribution >= 0.6 is 0 Å². The number of hydrogen-bond acceptors (Lipinski definition) is 5. The molecule has 11 heteroatoms. The van der Waals surface area contributed by atoms with Crippen LogP contribution in [0.2, 0.25) is 0 Å². The number of benzene rings is 2. The molecule has 230 valence electrons. The number of halogens is 1. The van der Waals surface area contributed by atoms with Crippen LogP contribution in [-0.2, 0) is 21.4 Å². The van der Waals surface area contributed by atoms with E-state index in [9.17, 15) is 27.8 Å². The van der Waals surface area contributed by atoms with Crippen molar-refractivity contribution in [3.63, 3.8) is 0 Å². The normalized spacial score (nSPS) is 18.9. The van der Waals surface area contributed by atoms with E-state index in [1.165, 1.54) is 12.1 Å². The number of sulfonamides is 1. The number of hydrogen-bond donors (Lipinski definition) is 3. The average Bonchev–Trinajstić information content (AvgIpc) is 3.45. The Morgan fingerprint density at radius 1 is 0.953 bits per heavy atom. The number of aromatic nitrogens is 1. The van der Waals surface area contributed by atoms with Gasteiger partial charge in [0.15, 0.2) is 0 Å². The summed E-state index contributed by atoms with van der Waals surface area (Å²) < 4.78 is 47.0. The van der Waals surface area contributed by atoms with Gasteiger partial charge in [0.25, 0.3) is 0 Å². The molecule has 4 atom stereocenters. The molecule has 2 aromatic carbocycles. The first-order valence-electron chi connectivity index (χ1n) is 14.5. The molecule has 2 heterocycles. The molecule has 1 saturated heterocycles. The van der Waals surface area contributed by atoms with Crippen molar-refractivity contribution in [2.24, 2.45) is 0 Å². The number of carboxylic acids is 1. The van der Waals surface area contributed by atoms with Crippen molar-refractivity contribution in [3.8, 4) is 22.4 Å². The third-order valence-corrected chi connectivity index (χ3v) is 10.2. The fourth-order valence-corrected chi connectivity index (χ4v) is 8.66. The molecular weight excluding hydrogens is 582 g/mol. The van der Waals surface area contributed by atoms with Gasteiger partial charge in [0.2, 0.25) is 10.0 Å². The molecule has 43 heavy (non-hydrogen) atoms. The summed E-state index contributed by atoms with van der Waals surface area (Å²) in [5.41, 5.74) is 3.03. The fraction of sp³-hybridized carbons (Fsp3) is 0.469. The molecule has 0 spiro atoms. The molecule has 3 N–H and O–H groups in total. The second-order valence-corrected chi connectivity index (χ2v) is 13.4. The number of carbonyl (C=O) groups is 1. The van der Waals surface area contributed by atoms with Gasteiger partial charge in [0.1, 0.15) is 10.7 Å². The quantitative estimate of drug-likeness (QED) is 0.245. The second-order valence-electron chi connectivity index (χ2n) is 11.7. The van der Waals surface area contributed by atoms with Crippen LogP contribution < -0.4 is 0 Å². The van der Waals surface area contributed by atoms with E-state index < -0.39 is 40.4 Å². The molecule has 0 amide bonds. The van der Waals surface area contributed by atoms with Crippen molar-refractivity contribution in [2.75, 3.05) is 0 Å². The molecule has 0 saturated carbocycles. The number of aliphatic hydroxyl groups is 2. The molecule has 0 unspecified atom stereocenters. The van der Waals surface area contributed by atoms with Gasteiger partial charge in [0, 0.05) is 29.9 Å². The van der Waals surface area contributed by atoms with Gasteiger partial charge >= 0.3 is 35.5 Å². The SMILES string of the molecule is CC(C)c1c(S(=O)(=O)N2[C@H](C)CC[C@@H]2C)c(-c2ccccc2)c(-c2ccc(F)cc2)n1CC[C@@H](O)C[C@@H](O)CC(=O)O.[NaH]. The summed E-state index contributed by atoms with van der Waals surface area (Å²) in [5, 5.41) is 29.9. The van der Waals surface area contributed by atoms with E-state index in [0.29, 0.717) is 28.1 Å². The Balaban J connectivity index is 0.00000506. The third-order valence-electron chi connectivity index (χ3n) is 8.03. The van der Waals surface area contributed by atoms with Crippen molar-refractivity contribution in [1.29, 1.82) is 0 Å². The molecule has 8 nitrogen and oxygen atoms in total. The van der Waals surface area contributed by atoms with Gasteiger partial charge in [-0.15, -0.1) is 0 Å². The van der Waals surface area contributed by atoms with Gasteiger partial charge in [-0.05, 0) is 80.8 Å². The summed E-state index contributed by atoms with van der Waals surface area (Å²) >= 11 is 0. The monoisotopic (exact) mass is 624 g/mol. The Bertz CT molecular complexity index is 1480. The minimum absolute atomic E-state index is 0. The maximum absolute atomic E-state index is 14.7. The van der Waals surface area contributed by atoms with E-state index in [4.69, 9.17) is 5.11 Å². The van der Waals surface area contributed by atoms with Gasteiger partial charge in [-0.3, -0.25) is 4.79 Å². The first-order chi connectivity index (χ1) is 19.8. The van der Waals surface area contributed by atoms with E-state index in [2.05, 4.69) is 0 Å². The molecular formula is C32H42FN2NaO6S. The van der Waals surface area contributed by atoms with Crippen molar-refractivity contribution in [2.45, 2.75) is 101 Å². The summed E-state index contributed by atoms with van der Waals surface area (Å²) in [5.74, 6) is -1.82. The predicted molar refractivity (Wildman–Crippen MR) is 167 cm³/mol. The van der Waals surface area contributed by atoms with Crippen LogP contribution in [0.3, 0.4) is 0 Å². The van der Waals surface area contributed by atoms with Crippen LogP contribution in [0, 0.1) is 5.82 Å². The van der Waals surface area contributed by atoms with E-state index in [1.807, 2.05) is 62.6 Å². The molecule has 4 rings (SSSR count). The van der Waals surface area contributed by atoms with Crippen LogP contribution in [0.5, 0.6) is 0 Å². The summed E-state index contributed by atoms with van der Waals surface area (Å²) in [6, 6.07) is 14.9. The van der Waals surface area contributed by atoms with Gasteiger partial charge in [-0.25, -0.2) is 12.8 Å². The van der Waals surface area contributed by atoms with Crippen LogP contribution in [0.4, 0.5) is 4.39 Å². The molecule has 3 aromatic rings. The molecule has 1 fully saturated rings. The van der Waals surface area contributed by atoms with Crippen LogP contribution in [0.1, 0.15) is 71.4 Å². The number of carboxylic acid groups (broad SMARTS) is 1. The van der Waals surface area contributed by atoms with Crippen molar-refractivity contribution < 1.29 is 32.9 Å². The zero-order valence-corrected chi connectivity index (χ0v) is 25.4. The van der Waals surface area contributed by atoms with Crippen molar-refractivity contribution in [1.82, 2.24) is 8.87 Å². The van der Waals surface area contributed by atoms with Crippen molar-refractivity contribution in [3.05, 3.63) is 66.1 Å². The van der Waals surface area contributed by atoms with Crippen LogP contribution in [0.25, 0.3) is 22.4 Å². The average molecular weight is 625 g/mol. The van der Waals surface area contributed by atoms with E-state index in [0.717, 1.165) is 12.8 Å². The standard InChI is InChI=1S/C32H41FN2O6S.Na.H/c1-20(2)30-32(42(40,41)35-21(3)10-11-22(35)4)29(23-8-6-5-7-9-23)31(24-12-14-25(33)15-13-24)34(30)17-16-26(36)18-27(37)19-28(38)39;;/h5-9,12-15,20-22,26-27,36-37H,10-11,16-19H2,1-4H3,(H,38,39);;/t21-,22+,26-,27-;;/m1../s1. The van der Waals surface area contributed by atoms with E-state index >= 15 is 0 Å². The fourth-order valence-electron chi connectivity index (χ4n) is 6.21. The van der Waals surface area contributed by atoms with Gasteiger partial charge in [-0.1, -0.05) is 44.2 Å². The topological polar surface area (TPSA) is 120 Å². The summed E-state index contributed by atoms with van der Waals surface area (Å²) in [4.78, 5) is 11.2. The van der Waals surface area contributed by atoms with Crippen LogP contribution in [-0.4, -0.2) is 92.4 Å². The molecule has 1 aromatic heterocycles. The summed E-state index contributed by atoms with van der Waals surface area (Å²) in [6.45, 7) is 7.90. The second kappa shape index (κ2) is 14.8. The first kappa shape index (κ1) is 35.4. The Hall–Kier alpha value is -2.05. The number of aliphatic hydroxyl groups excluding tert-OH is 2. The summed E-state index contributed by atoms with van der Waals surface area (Å²) in [6.07, 6.45) is -1.19. The van der Waals surface area contributed by atoms with Gasteiger partial charge in [-0.2, -0.15) is 4.31 Å². The van der Waals surface area contributed by atoms with E-state index in [1.54, 1.807) is 16.4 Å². The Labute approximate surface area is 275 Å². The number of nitrogens with zero attached hydrogens (tertiary/aromatic N) is 2. The Kier molecular flexibility index (Phi) is 12.2. The van der Waals surface area contributed by atoms with Crippen molar-refractivity contribution >= 4 is 45.5 Å². The molecule has 0 bridgehead atoms. The Morgan fingerprint density at radius 3 is 2.07 bits per heavy atom. The summed E-state index contributed by atoms with van der Waals surface area (Å²) in [7, 11) is -4.01. The van der Waals surface area contributed by atoms with Gasteiger partial charge < -0.3 is 19.9 Å². The molecule has 0 aliphatic carbocycles. The minimum atomic E-state index is -4.01.